The summed E-state index contributed by atoms with van der Waals surface area (Å²) in [5, 5.41) is 1.66. The Morgan fingerprint density at radius 2 is 1.74 bits per heavy atom. The van der Waals surface area contributed by atoms with Gasteiger partial charge in [0.05, 0.1) is 8.07 Å². The predicted molar refractivity (Wildman–Crippen MR) is 87.7 cm³/mol. The molecule has 19 heavy (non-hydrogen) atoms. The number of rotatable bonds is 6. The van der Waals surface area contributed by atoms with Gasteiger partial charge < -0.3 is 4.90 Å². The van der Waals surface area contributed by atoms with Gasteiger partial charge in [-0.3, -0.25) is 0 Å². The second kappa shape index (κ2) is 7.25. The first-order valence-electron chi connectivity index (χ1n) is 8.02. The van der Waals surface area contributed by atoms with Crippen molar-refractivity contribution >= 4 is 13.3 Å². The maximum Gasteiger partial charge on any atom is 0.0978 e. The van der Waals surface area contributed by atoms with Crippen molar-refractivity contribution in [3.8, 4) is 0 Å². The molecule has 0 aromatic heterocycles. The first-order valence-corrected chi connectivity index (χ1v) is 10.9. The highest BCUT2D eigenvalue weighted by Crippen LogP contribution is 2.19. The second-order valence-corrected chi connectivity index (χ2v) is 10.9. The van der Waals surface area contributed by atoms with Gasteiger partial charge in [0.2, 0.25) is 0 Å². The molecular formula is C17H29NSi. The van der Waals surface area contributed by atoms with Crippen molar-refractivity contribution in [2.45, 2.75) is 51.6 Å². The molecule has 0 amide bonds. The Morgan fingerprint density at radius 3 is 2.37 bits per heavy atom. The number of hydrogen-bond acceptors (Lipinski definition) is 1. The molecule has 1 aliphatic heterocycles. The Bertz CT molecular complexity index is 359. The van der Waals surface area contributed by atoms with Gasteiger partial charge in [0.25, 0.3) is 0 Å². The van der Waals surface area contributed by atoms with Gasteiger partial charge in [-0.15, -0.1) is 0 Å². The van der Waals surface area contributed by atoms with Crippen LogP contribution in [0.15, 0.2) is 30.3 Å². The van der Waals surface area contributed by atoms with Crippen molar-refractivity contribution in [2.24, 2.45) is 0 Å². The smallest absolute Gasteiger partial charge is 0.0978 e. The van der Waals surface area contributed by atoms with Crippen LogP contribution < -0.4 is 5.19 Å². The molecule has 1 fully saturated rings. The van der Waals surface area contributed by atoms with Crippen LogP contribution in [0.2, 0.25) is 12.6 Å². The van der Waals surface area contributed by atoms with E-state index in [2.05, 4.69) is 48.7 Å². The lowest BCUT2D eigenvalue weighted by Crippen LogP contribution is -2.55. The third kappa shape index (κ3) is 4.18. The first kappa shape index (κ1) is 14.8. The molecule has 1 aromatic rings. The Morgan fingerprint density at radius 1 is 1.05 bits per heavy atom. The molecule has 2 heteroatoms. The highest BCUT2D eigenvalue weighted by Gasteiger charge is 2.31. The molecule has 0 bridgehead atoms. The van der Waals surface area contributed by atoms with E-state index in [9.17, 15) is 0 Å². The molecule has 0 N–H and O–H groups in total. The van der Waals surface area contributed by atoms with Crippen LogP contribution in [0.3, 0.4) is 0 Å². The minimum Gasteiger partial charge on any atom is -0.306 e. The van der Waals surface area contributed by atoms with Gasteiger partial charge in [-0.2, -0.15) is 0 Å². The summed E-state index contributed by atoms with van der Waals surface area (Å²) >= 11 is 0. The maximum absolute atomic E-state index is 2.75. The lowest BCUT2D eigenvalue weighted by atomic mass is 10.1. The molecule has 0 aliphatic carbocycles. The van der Waals surface area contributed by atoms with Crippen molar-refractivity contribution in [1.29, 1.82) is 0 Å². The number of likely N-dealkylation sites (tertiary alicyclic amines) is 1. The fourth-order valence-corrected chi connectivity index (χ4v) is 7.40. The van der Waals surface area contributed by atoms with Gasteiger partial charge in [0.1, 0.15) is 0 Å². The van der Waals surface area contributed by atoms with Gasteiger partial charge in [0, 0.05) is 0 Å². The molecule has 0 saturated carbocycles. The van der Waals surface area contributed by atoms with Gasteiger partial charge >= 0.3 is 0 Å². The minimum absolute atomic E-state index is 1.31. The molecule has 1 saturated heterocycles. The van der Waals surface area contributed by atoms with Crippen molar-refractivity contribution in [2.75, 3.05) is 19.3 Å². The zero-order chi connectivity index (χ0) is 13.6. The summed E-state index contributed by atoms with van der Waals surface area (Å²) in [5.41, 5.74) is 0. The van der Waals surface area contributed by atoms with E-state index in [0.29, 0.717) is 0 Å². The van der Waals surface area contributed by atoms with Crippen LogP contribution in [-0.2, 0) is 0 Å². The van der Waals surface area contributed by atoms with E-state index in [1.165, 1.54) is 57.4 Å². The zero-order valence-corrected chi connectivity index (χ0v) is 13.7. The normalized spacial score (nSPS) is 20.1. The number of piperidine rings is 1. The lowest BCUT2D eigenvalue weighted by molar-refractivity contribution is 0.259. The fraction of sp³-hybridized carbons (Fsp3) is 0.647. The predicted octanol–water partition coefficient (Wildman–Crippen LogP) is 3.80. The first-order chi connectivity index (χ1) is 9.24. The van der Waals surface area contributed by atoms with Crippen LogP contribution in [0, 0.1) is 0 Å². The summed E-state index contributed by atoms with van der Waals surface area (Å²) in [6.45, 7) is 7.59. The van der Waals surface area contributed by atoms with Crippen molar-refractivity contribution < 1.29 is 0 Å². The summed E-state index contributed by atoms with van der Waals surface area (Å²) in [4.78, 5) is 2.75. The number of nitrogens with zero attached hydrogens (tertiary/aromatic N) is 1. The quantitative estimate of drug-likeness (QED) is 0.714. The third-order valence-electron chi connectivity index (χ3n) is 4.57. The van der Waals surface area contributed by atoms with E-state index in [-0.39, 0.29) is 0 Å². The van der Waals surface area contributed by atoms with E-state index in [4.69, 9.17) is 0 Å². The standard InChI is InChI=1S/C17H29NSi/c1-3-4-15-19(2,17-11-7-5-8-12-17)16-18-13-9-6-10-14-18/h5,7-8,11-12H,3-4,6,9-10,13-16H2,1-2H3/t19-/m0/s1. The average molecular weight is 276 g/mol. The second-order valence-electron chi connectivity index (χ2n) is 6.37. The summed E-state index contributed by atoms with van der Waals surface area (Å²) in [6.07, 6.45) is 8.35. The largest absolute Gasteiger partial charge is 0.306 e. The SMILES string of the molecule is CCCC[Si@@](C)(CN1CCCCC1)c1ccccc1. The lowest BCUT2D eigenvalue weighted by Gasteiger charge is -2.36. The third-order valence-corrected chi connectivity index (χ3v) is 8.90. The highest BCUT2D eigenvalue weighted by atomic mass is 28.3. The molecule has 1 nitrogen and oxygen atoms in total. The Hall–Kier alpha value is -0.603. The Balaban J connectivity index is 2.09. The summed E-state index contributed by atoms with van der Waals surface area (Å²) < 4.78 is 0. The van der Waals surface area contributed by atoms with Crippen LogP contribution in [0.1, 0.15) is 39.0 Å². The molecule has 0 radical (unpaired) electrons. The van der Waals surface area contributed by atoms with E-state index < -0.39 is 8.07 Å². The summed E-state index contributed by atoms with van der Waals surface area (Å²) in [7, 11) is -1.31. The molecule has 1 heterocycles. The van der Waals surface area contributed by atoms with Crippen LogP contribution in [0.4, 0.5) is 0 Å². The molecule has 1 aromatic carbocycles. The van der Waals surface area contributed by atoms with Crippen molar-refractivity contribution in [3.63, 3.8) is 0 Å². The van der Waals surface area contributed by atoms with Crippen LogP contribution in [0.5, 0.6) is 0 Å². The van der Waals surface area contributed by atoms with Crippen LogP contribution in [-0.4, -0.2) is 32.2 Å². The molecule has 0 unspecified atom stereocenters. The molecule has 106 valence electrons. The van der Waals surface area contributed by atoms with E-state index >= 15 is 0 Å². The van der Waals surface area contributed by atoms with Crippen molar-refractivity contribution in [3.05, 3.63) is 30.3 Å². The summed E-state index contributed by atoms with van der Waals surface area (Å²) in [6, 6.07) is 12.8. The fourth-order valence-electron chi connectivity index (χ4n) is 3.33. The van der Waals surface area contributed by atoms with Crippen molar-refractivity contribution in [1.82, 2.24) is 4.90 Å². The van der Waals surface area contributed by atoms with E-state index in [0.717, 1.165) is 0 Å². The average Bonchev–Trinajstić information content (AvgIpc) is 2.47. The Kier molecular flexibility index (Phi) is 5.65. The number of unbranched alkanes of at least 4 members (excludes halogenated alkanes) is 1. The maximum atomic E-state index is 2.75. The van der Waals surface area contributed by atoms with Gasteiger partial charge in [-0.25, -0.2) is 0 Å². The highest BCUT2D eigenvalue weighted by molar-refractivity contribution is 6.91. The van der Waals surface area contributed by atoms with E-state index in [1.54, 1.807) is 5.19 Å². The summed E-state index contributed by atoms with van der Waals surface area (Å²) in [5.74, 6) is 0. The van der Waals surface area contributed by atoms with E-state index in [1.807, 2.05) is 0 Å². The molecule has 0 spiro atoms. The number of benzene rings is 1. The molecule has 2 rings (SSSR count). The zero-order valence-electron chi connectivity index (χ0n) is 12.7. The molecule has 1 atom stereocenters. The Labute approximate surface area is 120 Å². The van der Waals surface area contributed by atoms with Gasteiger partial charge in [0.15, 0.2) is 0 Å². The van der Waals surface area contributed by atoms with Gasteiger partial charge in [-0.1, -0.05) is 74.3 Å². The van der Waals surface area contributed by atoms with Gasteiger partial charge in [-0.05, 0) is 32.1 Å². The molecular weight excluding hydrogens is 246 g/mol. The number of hydrogen-bond donors (Lipinski definition) is 0. The molecule has 1 aliphatic rings. The van der Waals surface area contributed by atoms with Crippen LogP contribution >= 0.6 is 0 Å². The minimum atomic E-state index is -1.31. The topological polar surface area (TPSA) is 3.24 Å². The van der Waals surface area contributed by atoms with Crippen LogP contribution in [0.25, 0.3) is 0 Å². The monoisotopic (exact) mass is 275 g/mol.